The quantitative estimate of drug-likeness (QED) is 0.847. The molecule has 0 aromatic heterocycles. The van der Waals surface area contributed by atoms with Gasteiger partial charge in [-0.15, -0.1) is 0 Å². The topological polar surface area (TPSA) is 50.6 Å². The van der Waals surface area contributed by atoms with Gasteiger partial charge in [0.15, 0.2) is 0 Å². The molecule has 2 aliphatic rings. The van der Waals surface area contributed by atoms with Crippen LogP contribution in [0.4, 0.5) is 0 Å². The van der Waals surface area contributed by atoms with Gasteiger partial charge in [0.1, 0.15) is 0 Å². The van der Waals surface area contributed by atoms with Crippen molar-refractivity contribution in [3.8, 4) is 6.07 Å². The van der Waals surface area contributed by atoms with Gasteiger partial charge in [0.2, 0.25) is 0 Å². The Kier molecular flexibility index (Phi) is 4.88. The summed E-state index contributed by atoms with van der Waals surface area (Å²) in [6.07, 6.45) is 2.21. The summed E-state index contributed by atoms with van der Waals surface area (Å²) in [6.45, 7) is 2.74. The molecule has 0 radical (unpaired) electrons. The zero-order valence-electron chi connectivity index (χ0n) is 14.8. The highest BCUT2D eigenvalue weighted by Gasteiger charge is 2.42. The molecule has 1 amide bonds. The molecule has 3 atom stereocenters. The van der Waals surface area contributed by atoms with Gasteiger partial charge in [-0.05, 0) is 64.2 Å². The fraction of sp³-hybridized carbons (Fsp3) is 0.579. The summed E-state index contributed by atoms with van der Waals surface area (Å²) in [5.41, 5.74) is 1.28. The Balaban J connectivity index is 1.66. The molecule has 0 N–H and O–H groups in total. The van der Waals surface area contributed by atoms with E-state index in [2.05, 4.69) is 37.0 Å². The first-order chi connectivity index (χ1) is 11.5. The van der Waals surface area contributed by atoms with Crippen molar-refractivity contribution >= 4 is 5.91 Å². The van der Waals surface area contributed by atoms with E-state index in [4.69, 9.17) is 5.26 Å². The maximum Gasteiger partial charge on any atom is 0.253 e. The van der Waals surface area contributed by atoms with Crippen molar-refractivity contribution in [3.05, 3.63) is 35.4 Å². The molecule has 0 unspecified atom stereocenters. The third kappa shape index (κ3) is 3.31. The summed E-state index contributed by atoms with van der Waals surface area (Å²) in [4.78, 5) is 19.5. The van der Waals surface area contributed by atoms with E-state index in [9.17, 15) is 4.79 Å². The fourth-order valence-corrected chi connectivity index (χ4v) is 4.25. The molecule has 1 aromatic rings. The number of carbonyl (C=O) groups excluding carboxylic acids is 1. The first-order valence-electron chi connectivity index (χ1n) is 8.65. The number of hydrogen-bond donors (Lipinski definition) is 0. The molecule has 2 saturated heterocycles. The molecule has 24 heavy (non-hydrogen) atoms. The number of nitriles is 1. The summed E-state index contributed by atoms with van der Waals surface area (Å²) in [5, 5.41) is 8.88. The second kappa shape index (κ2) is 6.92. The molecule has 2 fully saturated rings. The summed E-state index contributed by atoms with van der Waals surface area (Å²) in [7, 11) is 6.48. The molecule has 0 aliphatic carbocycles. The van der Waals surface area contributed by atoms with Gasteiger partial charge in [0.25, 0.3) is 5.91 Å². The number of nitrogens with zero attached hydrogens (tertiary/aromatic N) is 4. The van der Waals surface area contributed by atoms with Gasteiger partial charge in [-0.3, -0.25) is 9.69 Å². The van der Waals surface area contributed by atoms with Crippen LogP contribution in [0, 0.1) is 17.2 Å². The SMILES string of the molecule is CN(C)C[C@@H]1C[C@@H]2CN(C(=O)c3ccc(C#N)cc3)CC[C@@H]2N1C. The second-order valence-corrected chi connectivity index (χ2v) is 7.37. The Bertz CT molecular complexity index is 634. The molecule has 1 aromatic carbocycles. The van der Waals surface area contributed by atoms with Crippen molar-refractivity contribution in [2.75, 3.05) is 40.8 Å². The molecule has 0 bridgehead atoms. The highest BCUT2D eigenvalue weighted by Crippen LogP contribution is 2.35. The lowest BCUT2D eigenvalue weighted by atomic mass is 9.91. The lowest BCUT2D eigenvalue weighted by Crippen LogP contribution is -2.48. The van der Waals surface area contributed by atoms with Gasteiger partial charge in [-0.25, -0.2) is 0 Å². The van der Waals surface area contributed by atoms with E-state index in [1.807, 2.05) is 4.90 Å². The van der Waals surface area contributed by atoms with Gasteiger partial charge in [0.05, 0.1) is 11.6 Å². The van der Waals surface area contributed by atoms with Crippen LogP contribution in [0.1, 0.15) is 28.8 Å². The van der Waals surface area contributed by atoms with E-state index in [1.54, 1.807) is 24.3 Å². The normalized spacial score (nSPS) is 27.1. The Labute approximate surface area is 144 Å². The first-order valence-corrected chi connectivity index (χ1v) is 8.65. The number of fused-ring (bicyclic) bond motifs is 1. The van der Waals surface area contributed by atoms with Gasteiger partial charge in [-0.2, -0.15) is 5.26 Å². The number of hydrogen-bond acceptors (Lipinski definition) is 4. The molecule has 0 saturated carbocycles. The molecule has 2 heterocycles. The maximum absolute atomic E-state index is 12.7. The average Bonchev–Trinajstić information content (AvgIpc) is 2.89. The van der Waals surface area contributed by atoms with Crippen LogP contribution in [0.2, 0.25) is 0 Å². The van der Waals surface area contributed by atoms with Crippen LogP contribution in [-0.2, 0) is 0 Å². The van der Waals surface area contributed by atoms with Crippen molar-refractivity contribution in [2.24, 2.45) is 5.92 Å². The van der Waals surface area contributed by atoms with Crippen molar-refractivity contribution in [1.82, 2.24) is 14.7 Å². The Morgan fingerprint density at radius 1 is 1.33 bits per heavy atom. The minimum atomic E-state index is 0.0941. The molecular formula is C19H26N4O. The van der Waals surface area contributed by atoms with Crippen LogP contribution >= 0.6 is 0 Å². The zero-order valence-corrected chi connectivity index (χ0v) is 14.8. The highest BCUT2D eigenvalue weighted by atomic mass is 16.2. The number of amides is 1. The van der Waals surface area contributed by atoms with Crippen molar-refractivity contribution < 1.29 is 4.79 Å². The molecule has 128 valence electrons. The predicted molar refractivity (Wildman–Crippen MR) is 93.7 cm³/mol. The van der Waals surface area contributed by atoms with Crippen LogP contribution in [0.15, 0.2) is 24.3 Å². The second-order valence-electron chi connectivity index (χ2n) is 7.37. The van der Waals surface area contributed by atoms with E-state index < -0.39 is 0 Å². The van der Waals surface area contributed by atoms with Crippen LogP contribution < -0.4 is 0 Å². The van der Waals surface area contributed by atoms with Gasteiger partial charge in [0, 0.05) is 37.3 Å². The van der Waals surface area contributed by atoms with Crippen molar-refractivity contribution in [1.29, 1.82) is 5.26 Å². The van der Waals surface area contributed by atoms with E-state index >= 15 is 0 Å². The Hall–Kier alpha value is -1.90. The number of likely N-dealkylation sites (N-methyl/N-ethyl adjacent to an activating group) is 2. The monoisotopic (exact) mass is 326 g/mol. The summed E-state index contributed by atoms with van der Waals surface area (Å²) < 4.78 is 0. The van der Waals surface area contributed by atoms with Crippen LogP contribution in [0.3, 0.4) is 0 Å². The van der Waals surface area contributed by atoms with Crippen molar-refractivity contribution in [2.45, 2.75) is 24.9 Å². The third-order valence-corrected chi connectivity index (χ3v) is 5.49. The van der Waals surface area contributed by atoms with E-state index in [1.165, 1.54) is 0 Å². The summed E-state index contributed by atoms with van der Waals surface area (Å²) in [5.74, 6) is 0.660. The minimum absolute atomic E-state index is 0.0941. The van der Waals surface area contributed by atoms with Crippen LogP contribution in [0.25, 0.3) is 0 Å². The number of likely N-dealkylation sites (tertiary alicyclic amines) is 2. The highest BCUT2D eigenvalue weighted by molar-refractivity contribution is 5.94. The average molecular weight is 326 g/mol. The smallest absolute Gasteiger partial charge is 0.253 e. The maximum atomic E-state index is 12.7. The first kappa shape index (κ1) is 16.9. The standard InChI is InChI=1S/C19H26N4O/c1-21(2)13-17-10-16-12-23(9-8-18(16)22(17)3)19(24)15-6-4-14(11-20)5-7-15/h4-7,16-18H,8-10,12-13H2,1-3H3/t16-,17+,18+/m1/s1. The summed E-state index contributed by atoms with van der Waals surface area (Å²) >= 11 is 0. The van der Waals surface area contributed by atoms with Crippen LogP contribution in [0.5, 0.6) is 0 Å². The molecule has 5 nitrogen and oxygen atoms in total. The van der Waals surface area contributed by atoms with Gasteiger partial charge < -0.3 is 9.80 Å². The van der Waals surface area contributed by atoms with Crippen LogP contribution in [-0.4, -0.2) is 73.5 Å². The lowest BCUT2D eigenvalue weighted by molar-refractivity contribution is 0.0606. The number of carbonyl (C=O) groups is 1. The number of piperidine rings is 1. The summed E-state index contributed by atoms with van der Waals surface area (Å²) in [6, 6.07) is 10.2. The van der Waals surface area contributed by atoms with E-state index in [-0.39, 0.29) is 5.91 Å². The Morgan fingerprint density at radius 2 is 2.04 bits per heavy atom. The molecule has 0 spiro atoms. The molecule has 3 rings (SSSR count). The number of rotatable bonds is 3. The zero-order chi connectivity index (χ0) is 17.3. The number of benzene rings is 1. The van der Waals surface area contributed by atoms with E-state index in [0.717, 1.165) is 32.5 Å². The molecule has 2 aliphatic heterocycles. The molecule has 5 heteroatoms. The largest absolute Gasteiger partial charge is 0.338 e. The van der Waals surface area contributed by atoms with Gasteiger partial charge in [-0.1, -0.05) is 0 Å². The predicted octanol–water partition coefficient (Wildman–Crippen LogP) is 1.65. The lowest BCUT2D eigenvalue weighted by Gasteiger charge is -2.37. The van der Waals surface area contributed by atoms with Crippen molar-refractivity contribution in [3.63, 3.8) is 0 Å². The fourth-order valence-electron chi connectivity index (χ4n) is 4.25. The minimum Gasteiger partial charge on any atom is -0.338 e. The third-order valence-electron chi connectivity index (χ3n) is 5.49. The van der Waals surface area contributed by atoms with Gasteiger partial charge >= 0.3 is 0 Å². The molecular weight excluding hydrogens is 300 g/mol. The Morgan fingerprint density at radius 3 is 2.67 bits per heavy atom. The van der Waals surface area contributed by atoms with E-state index in [0.29, 0.717) is 29.1 Å².